The third kappa shape index (κ3) is 8.01. The molecule has 0 bridgehead atoms. The van der Waals surface area contributed by atoms with Gasteiger partial charge in [-0.15, -0.1) is 0 Å². The summed E-state index contributed by atoms with van der Waals surface area (Å²) >= 11 is 0. The number of rotatable bonds is 14. The van der Waals surface area contributed by atoms with Crippen LogP contribution in [0.4, 0.5) is 0 Å². The maximum Gasteiger partial charge on any atom is 0.261 e. The van der Waals surface area contributed by atoms with Crippen molar-refractivity contribution in [3.63, 3.8) is 0 Å². The molecule has 8 rings (SSSR count). The Morgan fingerprint density at radius 1 is 0.468 bits per heavy atom. The average molecular weight is 865 g/mol. The summed E-state index contributed by atoms with van der Waals surface area (Å²) in [6, 6.07) is 55.8. The molecule has 0 saturated carbocycles. The monoisotopic (exact) mass is 864 g/mol. The minimum Gasteiger partial charge on any atom is -0.493 e. The Bertz CT molecular complexity index is 2320. The highest BCUT2D eigenvalue weighted by atomic mass is 28.4. The number of ether oxygens (including phenoxy) is 5. The molecule has 2 aliphatic heterocycles. The Morgan fingerprint density at radius 2 is 0.855 bits per heavy atom. The predicted molar refractivity (Wildman–Crippen MR) is 253 cm³/mol. The Labute approximate surface area is 370 Å². The molecule has 0 amide bonds. The van der Waals surface area contributed by atoms with Crippen LogP contribution in [0.15, 0.2) is 158 Å². The highest BCUT2D eigenvalue weighted by Gasteiger charge is 2.55. The van der Waals surface area contributed by atoms with Crippen molar-refractivity contribution in [2.24, 2.45) is 11.8 Å². The molecule has 0 aromatic heterocycles. The van der Waals surface area contributed by atoms with Gasteiger partial charge in [0.25, 0.3) is 16.6 Å². The Hall–Kier alpha value is -5.17. The summed E-state index contributed by atoms with van der Waals surface area (Å²) in [5.41, 5.74) is 1.99. The molecule has 322 valence electrons. The van der Waals surface area contributed by atoms with Gasteiger partial charge in [-0.3, -0.25) is 0 Å². The van der Waals surface area contributed by atoms with Crippen LogP contribution in [0.1, 0.15) is 64.9 Å². The minimum atomic E-state index is -2.99. The molecule has 1 saturated heterocycles. The highest BCUT2D eigenvalue weighted by molar-refractivity contribution is 7.00. The first-order valence-corrected chi connectivity index (χ1v) is 25.5. The molecule has 0 N–H and O–H groups in total. The Balaban J connectivity index is 1.31. The first kappa shape index (κ1) is 43.5. The minimum absolute atomic E-state index is 0.159. The molecule has 4 atom stereocenters. The van der Waals surface area contributed by atoms with E-state index in [1.54, 1.807) is 14.2 Å². The Kier molecular flexibility index (Phi) is 12.6. The maximum atomic E-state index is 7.87. The van der Waals surface area contributed by atoms with E-state index in [4.69, 9.17) is 32.5 Å². The van der Waals surface area contributed by atoms with Crippen LogP contribution >= 0.6 is 0 Å². The third-order valence-electron chi connectivity index (χ3n) is 12.9. The number of hydrogen-bond donors (Lipinski definition) is 0. The quantitative estimate of drug-likeness (QED) is 0.101. The van der Waals surface area contributed by atoms with Crippen LogP contribution in [-0.4, -0.2) is 50.9 Å². The van der Waals surface area contributed by atoms with E-state index in [0.29, 0.717) is 30.5 Å². The number of fused-ring (bicyclic) bond motifs is 1. The fourth-order valence-corrected chi connectivity index (χ4v) is 19.2. The van der Waals surface area contributed by atoms with E-state index in [9.17, 15) is 0 Å². The number of benzene rings is 6. The van der Waals surface area contributed by atoms with Gasteiger partial charge in [0.05, 0.1) is 26.4 Å². The van der Waals surface area contributed by atoms with Gasteiger partial charge >= 0.3 is 0 Å². The summed E-state index contributed by atoms with van der Waals surface area (Å²) in [5.74, 6) is 2.43. The van der Waals surface area contributed by atoms with Crippen molar-refractivity contribution in [2.75, 3.05) is 34.2 Å². The highest BCUT2D eigenvalue weighted by Crippen LogP contribution is 2.53. The molecular weight excluding hydrogens is 805 g/mol. The van der Waals surface area contributed by atoms with Gasteiger partial charge in [0.1, 0.15) is 0 Å². The summed E-state index contributed by atoms with van der Waals surface area (Å²) in [7, 11) is -2.63. The van der Waals surface area contributed by atoms with Gasteiger partial charge in [-0.2, -0.15) is 0 Å². The van der Waals surface area contributed by atoms with Gasteiger partial charge in [0.15, 0.2) is 23.0 Å². The molecule has 1 fully saturated rings. The van der Waals surface area contributed by atoms with Crippen LogP contribution in [0.25, 0.3) is 0 Å². The molecule has 0 radical (unpaired) electrons. The lowest BCUT2D eigenvalue weighted by Crippen LogP contribution is -2.67. The standard InChI is InChI=1S/C53H60O7Si2/c1-52(2,3)61(40-21-13-9-14-22-40,41-23-15-10-16-24-41)58-35-44-45(36-59-62(53(4,5)6,42-25-17-11-18-26-42)43-27-19-12-20-28-43)51(39-30-32-47-49(34-39)57-37-56-47)60-50(44)38-29-31-46(54-7)48(33-38)55-8/h9-34,44-45,50-51H,35-37H2,1-8H3/t44-,45+,50+,51-/m1/s1. The number of methoxy groups -OCH3 is 2. The summed E-state index contributed by atoms with van der Waals surface area (Å²) in [5, 5.41) is 4.46. The van der Waals surface area contributed by atoms with Crippen molar-refractivity contribution in [2.45, 2.75) is 63.8 Å². The normalized spacial score (nSPS) is 19.0. The van der Waals surface area contributed by atoms with Gasteiger partial charge < -0.3 is 32.5 Å². The van der Waals surface area contributed by atoms with Crippen LogP contribution in [0.3, 0.4) is 0 Å². The van der Waals surface area contributed by atoms with E-state index in [1.807, 2.05) is 12.1 Å². The van der Waals surface area contributed by atoms with Crippen molar-refractivity contribution in [1.82, 2.24) is 0 Å². The molecular formula is C53H60O7Si2. The van der Waals surface area contributed by atoms with E-state index >= 15 is 0 Å². The van der Waals surface area contributed by atoms with Gasteiger partial charge in [-0.05, 0) is 66.2 Å². The van der Waals surface area contributed by atoms with Crippen molar-refractivity contribution < 1.29 is 32.5 Å². The third-order valence-corrected chi connectivity index (χ3v) is 22.9. The first-order chi connectivity index (χ1) is 29.9. The van der Waals surface area contributed by atoms with E-state index in [2.05, 4.69) is 187 Å². The van der Waals surface area contributed by atoms with Crippen LogP contribution < -0.4 is 39.7 Å². The largest absolute Gasteiger partial charge is 0.493 e. The Morgan fingerprint density at radius 3 is 1.26 bits per heavy atom. The number of hydrogen-bond acceptors (Lipinski definition) is 7. The molecule has 6 aromatic carbocycles. The smallest absolute Gasteiger partial charge is 0.261 e. The topological polar surface area (TPSA) is 64.6 Å². The van der Waals surface area contributed by atoms with Crippen molar-refractivity contribution in [1.29, 1.82) is 0 Å². The molecule has 2 aliphatic rings. The van der Waals surface area contributed by atoms with Gasteiger partial charge in [-0.1, -0.05) is 175 Å². The summed E-state index contributed by atoms with van der Waals surface area (Å²) in [6.07, 6.45) is -0.773. The summed E-state index contributed by atoms with van der Waals surface area (Å²) < 4.78 is 46.7. The molecule has 7 nitrogen and oxygen atoms in total. The lowest BCUT2D eigenvalue weighted by molar-refractivity contribution is 0.0193. The fraction of sp³-hybridized carbons (Fsp3) is 0.321. The molecule has 0 aliphatic carbocycles. The first-order valence-electron chi connectivity index (χ1n) is 21.7. The molecule has 9 heteroatoms. The zero-order valence-corrected chi connectivity index (χ0v) is 39.3. The SMILES string of the molecule is COc1ccc([C@@H]2O[C@H](c3ccc4c(c3)OCO4)[C@@H](CO[Si](c3ccccc3)(c3ccccc3)C(C)(C)C)[C@H]2CO[Si](c2ccccc2)(c2ccccc2)C(C)(C)C)cc1OC. The van der Waals surface area contributed by atoms with Gasteiger partial charge in [-0.25, -0.2) is 0 Å². The van der Waals surface area contributed by atoms with Crippen LogP contribution in [0.2, 0.25) is 10.1 Å². The second-order valence-corrected chi connectivity index (χ2v) is 27.1. The molecule has 0 unspecified atom stereocenters. The summed E-state index contributed by atoms with van der Waals surface area (Å²) in [4.78, 5) is 0. The second-order valence-electron chi connectivity index (χ2n) is 18.5. The van der Waals surface area contributed by atoms with Crippen LogP contribution in [-0.2, 0) is 13.6 Å². The molecule has 0 spiro atoms. The van der Waals surface area contributed by atoms with Gasteiger partial charge in [0, 0.05) is 25.0 Å². The van der Waals surface area contributed by atoms with Crippen molar-refractivity contribution >= 4 is 37.4 Å². The molecule has 62 heavy (non-hydrogen) atoms. The lowest BCUT2D eigenvalue weighted by Gasteiger charge is -2.45. The van der Waals surface area contributed by atoms with Crippen LogP contribution in [0.5, 0.6) is 23.0 Å². The van der Waals surface area contributed by atoms with E-state index < -0.39 is 22.7 Å². The van der Waals surface area contributed by atoms with E-state index in [-0.39, 0.29) is 34.8 Å². The molecule has 2 heterocycles. The van der Waals surface area contributed by atoms with Crippen molar-refractivity contribution in [3.8, 4) is 23.0 Å². The molecule has 6 aromatic rings. The zero-order valence-electron chi connectivity index (χ0n) is 37.3. The summed E-state index contributed by atoms with van der Waals surface area (Å²) in [6.45, 7) is 15.0. The van der Waals surface area contributed by atoms with Crippen molar-refractivity contribution in [3.05, 3.63) is 169 Å². The maximum absolute atomic E-state index is 7.87. The predicted octanol–water partition coefficient (Wildman–Crippen LogP) is 9.63. The van der Waals surface area contributed by atoms with Crippen LogP contribution in [0, 0.1) is 11.8 Å². The second kappa shape index (κ2) is 17.9. The fourth-order valence-electron chi connectivity index (χ4n) is 9.97. The average Bonchev–Trinajstić information content (AvgIpc) is 3.91. The van der Waals surface area contributed by atoms with E-state index in [0.717, 1.165) is 16.9 Å². The lowest BCUT2D eigenvalue weighted by atomic mass is 9.83. The van der Waals surface area contributed by atoms with Gasteiger partial charge in [0.2, 0.25) is 6.79 Å². The zero-order chi connectivity index (χ0) is 43.5. The van der Waals surface area contributed by atoms with E-state index in [1.165, 1.54) is 20.7 Å².